The molecular formula is C46H54F3N7O7S. The van der Waals surface area contributed by atoms with Gasteiger partial charge < -0.3 is 35.9 Å². The number of nitrogens with one attached hydrogen (secondary N) is 3. The van der Waals surface area contributed by atoms with E-state index >= 15 is 0 Å². The van der Waals surface area contributed by atoms with E-state index < -0.39 is 47.3 Å². The van der Waals surface area contributed by atoms with Gasteiger partial charge in [-0.25, -0.2) is 9.97 Å². The number of fused-ring (bicyclic) bond motifs is 2. The Morgan fingerprint density at radius 1 is 1.02 bits per heavy atom. The van der Waals surface area contributed by atoms with Gasteiger partial charge in [0.15, 0.2) is 0 Å². The number of hydrogen-bond donors (Lipinski definition) is 5. The van der Waals surface area contributed by atoms with Crippen molar-refractivity contribution in [2.45, 2.75) is 101 Å². The highest BCUT2D eigenvalue weighted by atomic mass is 32.1. The number of likely N-dealkylation sites (tertiary alicyclic amines) is 1. The Labute approximate surface area is 373 Å². The van der Waals surface area contributed by atoms with Crippen LogP contribution in [0.15, 0.2) is 48.5 Å². The average molecular weight is 906 g/mol. The smallest absolute Gasteiger partial charge is 0.392 e. The molecule has 4 heterocycles. The van der Waals surface area contributed by atoms with Gasteiger partial charge in [-0.1, -0.05) is 25.0 Å². The number of anilines is 2. The summed E-state index contributed by atoms with van der Waals surface area (Å²) in [5.74, 6) is -1.37. The Balaban J connectivity index is 0.000000192. The number of aromatic nitrogens is 2. The van der Waals surface area contributed by atoms with Crippen molar-refractivity contribution in [3.63, 3.8) is 0 Å². The lowest BCUT2D eigenvalue weighted by Crippen LogP contribution is -2.60. The SMILES string of the molecule is CC(C)(O)c1cc2nc([C@H]3CCCCC3O)sc2cc1NC(=O)c1cccc(C(F)(F)F)n1.CNC(=O)CCC(C=O)N1C(=O)c2cccc(NCCC3CC4(C3)CN(C)C4)c2C1=O. The molecule has 2 saturated carbocycles. The molecule has 342 valence electrons. The zero-order valence-electron chi connectivity index (χ0n) is 36.3. The summed E-state index contributed by atoms with van der Waals surface area (Å²) in [7, 11) is 3.66. The monoisotopic (exact) mass is 905 g/mol. The maximum absolute atomic E-state index is 13.1. The molecule has 5 N–H and O–H groups in total. The zero-order valence-corrected chi connectivity index (χ0v) is 37.1. The number of amides is 4. The molecule has 4 aliphatic rings. The van der Waals surface area contributed by atoms with E-state index in [1.54, 1.807) is 44.2 Å². The van der Waals surface area contributed by atoms with E-state index in [9.17, 15) is 47.4 Å². The first kappa shape index (κ1) is 46.7. The molecule has 2 aromatic heterocycles. The van der Waals surface area contributed by atoms with Gasteiger partial charge in [0.1, 0.15) is 17.7 Å². The van der Waals surface area contributed by atoms with E-state index in [1.807, 2.05) is 0 Å². The lowest BCUT2D eigenvalue weighted by Gasteiger charge is -2.58. The molecule has 8 rings (SSSR count). The van der Waals surface area contributed by atoms with Crippen LogP contribution in [0.25, 0.3) is 10.2 Å². The van der Waals surface area contributed by atoms with Crippen molar-refractivity contribution in [1.29, 1.82) is 0 Å². The van der Waals surface area contributed by atoms with Gasteiger partial charge in [0.2, 0.25) is 5.91 Å². The molecule has 4 amide bonds. The standard InChI is InChI=1S/C23H24F3N3O3S.C23H30N4O4/c1-22(2,32)13-10-16-18(33-21(29-16)12-6-3-4-8-17(12)30)11-15(13)28-20(31)14-7-5-9-19(27-14)23(24,25)26;1-24-19(29)7-6-16(12-28)27-21(30)17-4-3-5-18(20(17)22(27)31)25-9-8-15-10-23(11-15)13-26(2)14-23/h5,7,9-12,17,30,32H,3-4,6,8H2,1-2H3,(H,28,31);3-5,12,15-16,25H,6-11,13-14H2,1-2H3,(H,24,29)/t12-,17?;/m0./s1. The van der Waals surface area contributed by atoms with Crippen molar-refractivity contribution in [2.24, 2.45) is 11.3 Å². The van der Waals surface area contributed by atoms with Crippen LogP contribution in [-0.4, -0.2) is 106 Å². The third-order valence-corrected chi connectivity index (χ3v) is 13.8. The second-order valence-corrected chi connectivity index (χ2v) is 19.1. The van der Waals surface area contributed by atoms with Gasteiger partial charge >= 0.3 is 6.18 Å². The minimum absolute atomic E-state index is 0.0610. The fourth-order valence-electron chi connectivity index (χ4n) is 9.62. The number of rotatable bonds is 13. The number of hydrogen-bond acceptors (Lipinski definition) is 12. The molecule has 2 unspecified atom stereocenters. The number of aldehydes is 1. The van der Waals surface area contributed by atoms with Gasteiger partial charge in [-0.2, -0.15) is 13.2 Å². The number of alkyl halides is 3. The van der Waals surface area contributed by atoms with E-state index in [0.29, 0.717) is 45.5 Å². The van der Waals surface area contributed by atoms with Crippen molar-refractivity contribution < 1.29 is 47.4 Å². The third-order valence-electron chi connectivity index (χ3n) is 12.7. The molecule has 3 fully saturated rings. The van der Waals surface area contributed by atoms with Crippen molar-refractivity contribution >= 4 is 62.8 Å². The first-order chi connectivity index (χ1) is 30.3. The number of halogens is 3. The van der Waals surface area contributed by atoms with Crippen LogP contribution in [-0.2, 0) is 21.4 Å². The van der Waals surface area contributed by atoms with Gasteiger partial charge in [-0.05, 0) is 107 Å². The lowest BCUT2D eigenvalue weighted by molar-refractivity contribution is -0.141. The average Bonchev–Trinajstić information content (AvgIpc) is 3.76. The van der Waals surface area contributed by atoms with Gasteiger partial charge in [-0.15, -0.1) is 11.3 Å². The summed E-state index contributed by atoms with van der Waals surface area (Å²) in [4.78, 5) is 73.3. The summed E-state index contributed by atoms with van der Waals surface area (Å²) in [6, 6.07) is 10.6. The number of thiazole rings is 1. The predicted octanol–water partition coefficient (Wildman–Crippen LogP) is 6.73. The highest BCUT2D eigenvalue weighted by molar-refractivity contribution is 7.18. The summed E-state index contributed by atoms with van der Waals surface area (Å²) >= 11 is 1.40. The van der Waals surface area contributed by atoms with Crippen molar-refractivity contribution in [3.05, 3.63) is 81.6 Å². The van der Waals surface area contributed by atoms with E-state index in [1.165, 1.54) is 50.4 Å². The topological polar surface area (TPSA) is 194 Å². The molecule has 0 radical (unpaired) electrons. The molecule has 2 aromatic carbocycles. The Bertz CT molecular complexity index is 2420. The second kappa shape index (κ2) is 18.7. The van der Waals surface area contributed by atoms with Crippen LogP contribution in [0.5, 0.6) is 0 Å². The van der Waals surface area contributed by atoms with Crippen LogP contribution >= 0.6 is 11.3 Å². The van der Waals surface area contributed by atoms with E-state index in [0.717, 1.165) is 65.4 Å². The molecular weight excluding hydrogens is 852 g/mol. The molecule has 2 aliphatic heterocycles. The minimum atomic E-state index is -4.67. The summed E-state index contributed by atoms with van der Waals surface area (Å²) in [6.45, 7) is 6.23. The fraction of sp³-hybridized carbons (Fsp3) is 0.500. The van der Waals surface area contributed by atoms with Crippen LogP contribution in [0.1, 0.15) is 125 Å². The fourth-order valence-corrected chi connectivity index (χ4v) is 10.8. The molecule has 0 bridgehead atoms. The van der Waals surface area contributed by atoms with Crippen LogP contribution in [0.4, 0.5) is 24.5 Å². The molecule has 1 saturated heterocycles. The van der Waals surface area contributed by atoms with Crippen molar-refractivity contribution in [2.75, 3.05) is 44.4 Å². The highest BCUT2D eigenvalue weighted by Gasteiger charge is 2.50. The molecule has 18 heteroatoms. The van der Waals surface area contributed by atoms with Gasteiger partial charge in [0.25, 0.3) is 17.7 Å². The number of carbonyl (C=O) groups is 5. The number of benzene rings is 2. The number of carbonyl (C=O) groups excluding carboxylic acids is 5. The first-order valence-corrected chi connectivity index (χ1v) is 22.4. The van der Waals surface area contributed by atoms with Crippen molar-refractivity contribution in [3.8, 4) is 0 Å². The Kier molecular flexibility index (Phi) is 13.6. The normalized spacial score (nSPS) is 20.2. The Morgan fingerprint density at radius 3 is 2.39 bits per heavy atom. The quantitative estimate of drug-likeness (QED) is 0.0706. The number of aliphatic hydroxyl groups is 2. The van der Waals surface area contributed by atoms with Gasteiger partial charge in [-0.3, -0.25) is 24.1 Å². The van der Waals surface area contributed by atoms with Crippen LogP contribution in [0.3, 0.4) is 0 Å². The second-order valence-electron chi connectivity index (χ2n) is 18.1. The summed E-state index contributed by atoms with van der Waals surface area (Å²) in [5.41, 5.74) is 0.170. The van der Waals surface area contributed by atoms with Crippen LogP contribution < -0.4 is 16.0 Å². The van der Waals surface area contributed by atoms with Crippen LogP contribution in [0.2, 0.25) is 0 Å². The summed E-state index contributed by atoms with van der Waals surface area (Å²) in [6.07, 6.45) is 2.73. The summed E-state index contributed by atoms with van der Waals surface area (Å²) in [5, 5.41) is 30.3. The Hall–Kier alpha value is -5.30. The Morgan fingerprint density at radius 2 is 1.73 bits per heavy atom. The number of pyridine rings is 1. The van der Waals surface area contributed by atoms with E-state index in [2.05, 4.69) is 37.9 Å². The van der Waals surface area contributed by atoms with Crippen molar-refractivity contribution in [1.82, 2.24) is 25.1 Å². The highest BCUT2D eigenvalue weighted by Crippen LogP contribution is 2.52. The summed E-state index contributed by atoms with van der Waals surface area (Å²) < 4.78 is 39.7. The van der Waals surface area contributed by atoms with E-state index in [4.69, 9.17) is 0 Å². The molecule has 64 heavy (non-hydrogen) atoms. The number of imide groups is 1. The third kappa shape index (κ3) is 9.99. The maximum Gasteiger partial charge on any atom is 0.433 e. The zero-order chi connectivity index (χ0) is 46.1. The molecule has 3 atom stereocenters. The first-order valence-electron chi connectivity index (χ1n) is 21.6. The maximum atomic E-state index is 13.1. The molecule has 2 aliphatic carbocycles. The number of aliphatic hydroxyl groups excluding tert-OH is 1. The molecule has 1 spiro atoms. The number of nitrogens with zero attached hydrogens (tertiary/aromatic N) is 4. The lowest BCUT2D eigenvalue weighted by atomic mass is 9.57. The minimum Gasteiger partial charge on any atom is -0.392 e. The van der Waals surface area contributed by atoms with E-state index in [-0.39, 0.29) is 36.0 Å². The van der Waals surface area contributed by atoms with Gasteiger partial charge in [0, 0.05) is 56.0 Å². The van der Waals surface area contributed by atoms with Crippen LogP contribution in [0, 0.1) is 11.3 Å². The van der Waals surface area contributed by atoms with Gasteiger partial charge in [0.05, 0.1) is 44.1 Å². The predicted molar refractivity (Wildman–Crippen MR) is 235 cm³/mol. The molecule has 14 nitrogen and oxygen atoms in total. The molecule has 4 aromatic rings. The largest absolute Gasteiger partial charge is 0.433 e.